The minimum atomic E-state index is 0.0501. The molecule has 5 heteroatoms. The molecule has 0 spiro atoms. The van der Waals surface area contributed by atoms with Crippen LogP contribution in [-0.4, -0.2) is 5.91 Å². The van der Waals surface area contributed by atoms with Crippen molar-refractivity contribution < 1.29 is 4.79 Å². The van der Waals surface area contributed by atoms with Gasteiger partial charge in [-0.2, -0.15) is 0 Å². The molecule has 1 heterocycles. The van der Waals surface area contributed by atoms with Crippen molar-refractivity contribution >= 4 is 55.9 Å². The van der Waals surface area contributed by atoms with Gasteiger partial charge in [0.2, 0.25) is 0 Å². The number of nitrogens with zero attached hydrogens (tertiary/aromatic N) is 1. The van der Waals surface area contributed by atoms with E-state index in [0.29, 0.717) is 6.54 Å². The van der Waals surface area contributed by atoms with Crippen molar-refractivity contribution in [3.05, 3.63) is 82.2 Å². The first-order valence-electron chi connectivity index (χ1n) is 7.83. The quantitative estimate of drug-likeness (QED) is 0.526. The molecule has 4 rings (SSSR count). The Labute approximate surface area is 159 Å². The molecule has 0 bridgehead atoms. The second-order valence-corrected chi connectivity index (χ2v) is 7.46. The minimum absolute atomic E-state index is 0.0501. The predicted molar refractivity (Wildman–Crippen MR) is 110 cm³/mol. The third kappa shape index (κ3) is 2.83. The Morgan fingerprint density at radius 3 is 2.80 bits per heavy atom. The molecule has 1 N–H and O–H groups in total. The van der Waals surface area contributed by atoms with Gasteiger partial charge in [0, 0.05) is 20.8 Å². The van der Waals surface area contributed by atoms with E-state index < -0.39 is 0 Å². The van der Waals surface area contributed by atoms with Crippen LogP contribution in [0.5, 0.6) is 0 Å². The molecule has 0 aliphatic carbocycles. The molecule has 0 radical (unpaired) electrons. The van der Waals surface area contributed by atoms with E-state index in [4.69, 9.17) is 0 Å². The number of halogens is 1. The molecule has 0 fully saturated rings. The first kappa shape index (κ1) is 16.2. The summed E-state index contributed by atoms with van der Waals surface area (Å²) in [5.74, 6) is 0.0501. The van der Waals surface area contributed by atoms with Crippen LogP contribution >= 0.6 is 27.9 Å². The molecule has 3 nitrogen and oxygen atoms in total. The fourth-order valence-electron chi connectivity index (χ4n) is 3.22. The van der Waals surface area contributed by atoms with Gasteiger partial charge in [0.25, 0.3) is 5.91 Å². The zero-order chi connectivity index (χ0) is 17.4. The van der Waals surface area contributed by atoms with Gasteiger partial charge in [-0.15, -0.1) is 0 Å². The van der Waals surface area contributed by atoms with Gasteiger partial charge in [-0.1, -0.05) is 46.8 Å². The zero-order valence-electron chi connectivity index (χ0n) is 13.3. The van der Waals surface area contributed by atoms with E-state index in [2.05, 4.69) is 27.2 Å². The van der Waals surface area contributed by atoms with E-state index >= 15 is 0 Å². The fraction of sp³-hybridized carbons (Fsp3) is 0.0500. The Balaban J connectivity index is 1.79. The summed E-state index contributed by atoms with van der Waals surface area (Å²) in [4.78, 5) is 14.8. The van der Waals surface area contributed by atoms with Crippen molar-refractivity contribution in [3.8, 4) is 0 Å². The zero-order valence-corrected chi connectivity index (χ0v) is 15.7. The van der Waals surface area contributed by atoms with Gasteiger partial charge >= 0.3 is 0 Å². The molecule has 0 atom stereocenters. The van der Waals surface area contributed by atoms with Crippen LogP contribution in [0.3, 0.4) is 0 Å². The molecule has 1 amide bonds. The van der Waals surface area contributed by atoms with Crippen molar-refractivity contribution in [2.45, 2.75) is 6.54 Å². The van der Waals surface area contributed by atoms with E-state index in [0.717, 1.165) is 37.7 Å². The molecule has 124 valence electrons. The minimum Gasteiger partial charge on any atom is -0.326 e. The third-order valence-corrected chi connectivity index (χ3v) is 5.26. The summed E-state index contributed by atoms with van der Waals surface area (Å²) in [6.07, 6.45) is 0. The SMILES string of the molecule is C=CSNc1ccc2c3c(cccc13)C(=O)N2Cc1cccc(Br)c1. The topological polar surface area (TPSA) is 32.3 Å². The predicted octanol–water partition coefficient (Wildman–Crippen LogP) is 5.97. The summed E-state index contributed by atoms with van der Waals surface area (Å²) >= 11 is 4.92. The Morgan fingerprint density at radius 2 is 2.00 bits per heavy atom. The molecule has 25 heavy (non-hydrogen) atoms. The van der Waals surface area contributed by atoms with Gasteiger partial charge < -0.3 is 9.62 Å². The van der Waals surface area contributed by atoms with Gasteiger partial charge in [-0.25, -0.2) is 0 Å². The maximum atomic E-state index is 13.0. The summed E-state index contributed by atoms with van der Waals surface area (Å²) < 4.78 is 4.28. The van der Waals surface area contributed by atoms with Crippen LogP contribution in [0, 0.1) is 0 Å². The molecule has 1 aliphatic heterocycles. The fourth-order valence-corrected chi connectivity index (χ4v) is 4.05. The third-order valence-electron chi connectivity index (χ3n) is 4.27. The second kappa shape index (κ2) is 6.58. The van der Waals surface area contributed by atoms with Crippen LogP contribution in [0.15, 0.2) is 71.1 Å². The van der Waals surface area contributed by atoms with E-state index in [9.17, 15) is 4.79 Å². The van der Waals surface area contributed by atoms with Crippen molar-refractivity contribution in [1.82, 2.24) is 0 Å². The molecule has 0 unspecified atom stereocenters. The van der Waals surface area contributed by atoms with Crippen molar-refractivity contribution in [1.29, 1.82) is 0 Å². The maximum Gasteiger partial charge on any atom is 0.259 e. The lowest BCUT2D eigenvalue weighted by molar-refractivity contribution is 0.0991. The summed E-state index contributed by atoms with van der Waals surface area (Å²) in [5.41, 5.74) is 3.80. The average Bonchev–Trinajstić information content (AvgIpc) is 2.89. The standard InChI is InChI=1S/C20H15BrN2OS/c1-2-25-22-17-9-10-18-19-15(17)7-4-8-16(19)20(24)23(18)12-13-5-3-6-14(21)11-13/h2-11,22H,1,12H2. The van der Waals surface area contributed by atoms with Crippen LogP contribution < -0.4 is 9.62 Å². The highest BCUT2D eigenvalue weighted by molar-refractivity contribution is 9.10. The van der Waals surface area contributed by atoms with Gasteiger partial charge in [-0.3, -0.25) is 4.79 Å². The Morgan fingerprint density at radius 1 is 1.16 bits per heavy atom. The number of rotatable bonds is 5. The van der Waals surface area contributed by atoms with Crippen LogP contribution in [0.2, 0.25) is 0 Å². The van der Waals surface area contributed by atoms with Crippen LogP contribution in [0.1, 0.15) is 15.9 Å². The number of carbonyl (C=O) groups excluding carboxylic acids is 1. The lowest BCUT2D eigenvalue weighted by Gasteiger charge is -2.18. The number of hydrogen-bond donors (Lipinski definition) is 1. The Bertz CT molecular complexity index is 1000. The monoisotopic (exact) mass is 410 g/mol. The number of benzene rings is 3. The van der Waals surface area contributed by atoms with Crippen molar-refractivity contribution in [2.24, 2.45) is 0 Å². The highest BCUT2D eigenvalue weighted by Crippen LogP contribution is 2.41. The number of hydrogen-bond acceptors (Lipinski definition) is 3. The molecule has 1 aliphatic rings. The first-order chi connectivity index (χ1) is 12.2. The summed E-state index contributed by atoms with van der Waals surface area (Å²) in [6, 6.07) is 18.0. The second-order valence-electron chi connectivity index (χ2n) is 5.77. The molecular formula is C20H15BrN2OS. The molecule has 0 saturated carbocycles. The molecule has 0 saturated heterocycles. The summed E-state index contributed by atoms with van der Waals surface area (Å²) in [5, 5.41) is 3.81. The Kier molecular flexibility index (Phi) is 4.27. The lowest BCUT2D eigenvalue weighted by Crippen LogP contribution is -2.26. The molecular weight excluding hydrogens is 396 g/mol. The highest BCUT2D eigenvalue weighted by Gasteiger charge is 2.30. The van der Waals surface area contributed by atoms with Gasteiger partial charge in [0.05, 0.1) is 17.9 Å². The highest BCUT2D eigenvalue weighted by atomic mass is 79.9. The van der Waals surface area contributed by atoms with Gasteiger partial charge in [-0.05, 0) is 53.3 Å². The van der Waals surface area contributed by atoms with Crippen molar-refractivity contribution in [3.63, 3.8) is 0 Å². The molecule has 0 aromatic heterocycles. The molecule has 3 aromatic carbocycles. The number of amides is 1. The van der Waals surface area contributed by atoms with E-state index in [1.807, 2.05) is 59.5 Å². The number of nitrogens with one attached hydrogen (secondary N) is 1. The van der Waals surface area contributed by atoms with E-state index in [-0.39, 0.29) is 5.91 Å². The van der Waals surface area contributed by atoms with Gasteiger partial charge in [0.15, 0.2) is 0 Å². The normalized spacial score (nSPS) is 12.7. The van der Waals surface area contributed by atoms with Crippen LogP contribution in [-0.2, 0) is 6.54 Å². The summed E-state index contributed by atoms with van der Waals surface area (Å²) in [7, 11) is 0. The molecule has 3 aromatic rings. The lowest BCUT2D eigenvalue weighted by atomic mass is 10.0. The number of anilines is 2. The number of carbonyl (C=O) groups is 1. The maximum absolute atomic E-state index is 13.0. The van der Waals surface area contributed by atoms with E-state index in [1.54, 1.807) is 5.41 Å². The van der Waals surface area contributed by atoms with E-state index in [1.165, 1.54) is 11.9 Å². The Hall–Kier alpha value is -2.24. The first-order valence-corrected chi connectivity index (χ1v) is 9.51. The van der Waals surface area contributed by atoms with Crippen molar-refractivity contribution in [2.75, 3.05) is 9.62 Å². The average molecular weight is 411 g/mol. The smallest absolute Gasteiger partial charge is 0.259 e. The summed E-state index contributed by atoms with van der Waals surface area (Å²) in [6.45, 7) is 4.27. The van der Waals surface area contributed by atoms with Crippen LogP contribution in [0.4, 0.5) is 11.4 Å². The largest absolute Gasteiger partial charge is 0.326 e. The van der Waals surface area contributed by atoms with Gasteiger partial charge in [0.1, 0.15) is 0 Å². The van der Waals surface area contributed by atoms with Crippen LogP contribution in [0.25, 0.3) is 10.8 Å².